The molecule has 5 heteroatoms. The Morgan fingerprint density at radius 1 is 1.22 bits per heavy atom. The molecule has 0 fully saturated rings. The average Bonchev–Trinajstić information content (AvgIpc) is 2.55. The zero-order valence-corrected chi connectivity index (χ0v) is 13.7. The molecule has 0 aliphatic rings. The van der Waals surface area contributed by atoms with Crippen molar-refractivity contribution in [3.05, 3.63) is 59.8 Å². The zero-order chi connectivity index (χ0) is 16.8. The first kappa shape index (κ1) is 17.0. The van der Waals surface area contributed by atoms with E-state index in [4.69, 9.17) is 0 Å². The van der Waals surface area contributed by atoms with Gasteiger partial charge in [0.25, 0.3) is 5.91 Å². The van der Waals surface area contributed by atoms with E-state index in [0.29, 0.717) is 12.0 Å². The fourth-order valence-corrected chi connectivity index (χ4v) is 2.20. The molecule has 0 aliphatic heterocycles. The highest BCUT2D eigenvalue weighted by atomic mass is 16.3. The topological polar surface area (TPSA) is 65.5 Å². The van der Waals surface area contributed by atoms with Crippen molar-refractivity contribution >= 4 is 11.7 Å². The van der Waals surface area contributed by atoms with E-state index in [2.05, 4.69) is 10.3 Å². The normalized spacial score (nSPS) is 13.2. The van der Waals surface area contributed by atoms with Gasteiger partial charge in [-0.25, -0.2) is 4.98 Å². The summed E-state index contributed by atoms with van der Waals surface area (Å²) >= 11 is 0. The quantitative estimate of drug-likeness (QED) is 0.854. The summed E-state index contributed by atoms with van der Waals surface area (Å²) in [6.07, 6.45) is 1.40. The van der Waals surface area contributed by atoms with Crippen LogP contribution in [0.2, 0.25) is 0 Å². The molecule has 5 nitrogen and oxygen atoms in total. The number of aliphatic hydroxyl groups excluding tert-OH is 1. The number of amides is 1. The van der Waals surface area contributed by atoms with Crippen LogP contribution >= 0.6 is 0 Å². The molecule has 1 heterocycles. The molecule has 2 atom stereocenters. The Hall–Kier alpha value is -2.40. The number of nitrogens with one attached hydrogen (secondary N) is 1. The Kier molecular flexibility index (Phi) is 5.71. The van der Waals surface area contributed by atoms with Gasteiger partial charge in [-0.2, -0.15) is 0 Å². The van der Waals surface area contributed by atoms with Crippen molar-refractivity contribution in [2.75, 3.05) is 19.0 Å². The van der Waals surface area contributed by atoms with E-state index in [1.54, 1.807) is 25.3 Å². The molecule has 2 unspecified atom stereocenters. The maximum Gasteiger partial charge on any atom is 0.253 e. The standard InChI is InChI=1S/C18H23N3O2/c1-13(16(22)11-14-7-5-4-6-8-14)20-18(23)15-9-10-17(19-12-15)21(2)3/h4-10,12-13,16,22H,11H2,1-3H3,(H,20,23). The highest BCUT2D eigenvalue weighted by Gasteiger charge is 2.18. The predicted octanol–water partition coefficient (Wildman–Crippen LogP) is 1.87. The molecule has 2 N–H and O–H groups in total. The maximum atomic E-state index is 12.2. The summed E-state index contributed by atoms with van der Waals surface area (Å²) < 4.78 is 0. The number of hydrogen-bond acceptors (Lipinski definition) is 4. The van der Waals surface area contributed by atoms with Crippen LogP contribution in [0.3, 0.4) is 0 Å². The number of pyridine rings is 1. The van der Waals surface area contributed by atoms with Crippen LogP contribution in [0.5, 0.6) is 0 Å². The predicted molar refractivity (Wildman–Crippen MR) is 91.6 cm³/mol. The minimum absolute atomic E-state index is 0.234. The number of rotatable bonds is 6. The lowest BCUT2D eigenvalue weighted by atomic mass is 10.0. The van der Waals surface area contributed by atoms with E-state index in [1.165, 1.54) is 0 Å². The van der Waals surface area contributed by atoms with Gasteiger partial charge in [0.15, 0.2) is 0 Å². The van der Waals surface area contributed by atoms with Crippen LogP contribution in [0.1, 0.15) is 22.8 Å². The number of hydrogen-bond donors (Lipinski definition) is 2. The van der Waals surface area contributed by atoms with Crippen LogP contribution in [-0.4, -0.2) is 42.2 Å². The Morgan fingerprint density at radius 2 is 1.91 bits per heavy atom. The van der Waals surface area contributed by atoms with E-state index in [-0.39, 0.29) is 11.9 Å². The molecule has 0 bridgehead atoms. The monoisotopic (exact) mass is 313 g/mol. The SMILES string of the molecule is CC(NC(=O)c1ccc(N(C)C)nc1)C(O)Cc1ccccc1. The summed E-state index contributed by atoms with van der Waals surface area (Å²) in [5.41, 5.74) is 1.52. The molecule has 1 aromatic heterocycles. The number of carbonyl (C=O) groups excluding carboxylic acids is 1. The Labute approximate surface area is 137 Å². The molecular formula is C18H23N3O2. The smallest absolute Gasteiger partial charge is 0.253 e. The first-order chi connectivity index (χ1) is 11.0. The van der Waals surface area contributed by atoms with E-state index in [0.717, 1.165) is 11.4 Å². The number of carbonyl (C=O) groups is 1. The molecule has 2 rings (SSSR count). The minimum atomic E-state index is -0.643. The van der Waals surface area contributed by atoms with E-state index < -0.39 is 6.10 Å². The van der Waals surface area contributed by atoms with Gasteiger partial charge in [-0.3, -0.25) is 4.79 Å². The lowest BCUT2D eigenvalue weighted by molar-refractivity contribution is 0.0851. The van der Waals surface area contributed by atoms with Gasteiger partial charge >= 0.3 is 0 Å². The molecule has 1 aromatic carbocycles. The lowest BCUT2D eigenvalue weighted by Gasteiger charge is -2.20. The zero-order valence-electron chi connectivity index (χ0n) is 13.7. The highest BCUT2D eigenvalue weighted by Crippen LogP contribution is 2.09. The van der Waals surface area contributed by atoms with Gasteiger partial charge in [0.1, 0.15) is 5.82 Å². The molecule has 0 aliphatic carbocycles. The van der Waals surface area contributed by atoms with E-state index >= 15 is 0 Å². The molecule has 0 saturated heterocycles. The molecule has 2 aromatic rings. The number of benzene rings is 1. The lowest BCUT2D eigenvalue weighted by Crippen LogP contribution is -2.42. The van der Waals surface area contributed by atoms with Gasteiger partial charge < -0.3 is 15.3 Å². The maximum absolute atomic E-state index is 12.2. The highest BCUT2D eigenvalue weighted by molar-refractivity contribution is 5.94. The Balaban J connectivity index is 1.93. The summed E-state index contributed by atoms with van der Waals surface area (Å²) in [6.45, 7) is 1.80. The second-order valence-electron chi connectivity index (χ2n) is 5.82. The molecule has 1 amide bonds. The Morgan fingerprint density at radius 3 is 2.48 bits per heavy atom. The summed E-state index contributed by atoms with van der Waals surface area (Å²) in [5, 5.41) is 13.1. The number of nitrogens with zero attached hydrogens (tertiary/aromatic N) is 2. The number of anilines is 1. The molecule has 122 valence electrons. The van der Waals surface area contributed by atoms with Crippen molar-refractivity contribution in [3.8, 4) is 0 Å². The third-order valence-corrected chi connectivity index (χ3v) is 3.69. The van der Waals surface area contributed by atoms with Crippen molar-refractivity contribution in [2.24, 2.45) is 0 Å². The number of aromatic nitrogens is 1. The van der Waals surface area contributed by atoms with Gasteiger partial charge in [-0.1, -0.05) is 30.3 Å². The van der Waals surface area contributed by atoms with E-state index in [1.807, 2.05) is 49.3 Å². The third-order valence-electron chi connectivity index (χ3n) is 3.69. The average molecular weight is 313 g/mol. The van der Waals surface area contributed by atoms with Crippen LogP contribution in [0, 0.1) is 0 Å². The van der Waals surface area contributed by atoms with Crippen LogP contribution in [0.15, 0.2) is 48.7 Å². The van der Waals surface area contributed by atoms with Crippen molar-refractivity contribution in [2.45, 2.75) is 25.5 Å². The van der Waals surface area contributed by atoms with Gasteiger partial charge in [0.2, 0.25) is 0 Å². The van der Waals surface area contributed by atoms with Crippen LogP contribution in [-0.2, 0) is 6.42 Å². The fourth-order valence-electron chi connectivity index (χ4n) is 2.20. The second-order valence-corrected chi connectivity index (χ2v) is 5.82. The van der Waals surface area contributed by atoms with Gasteiger partial charge in [-0.15, -0.1) is 0 Å². The summed E-state index contributed by atoms with van der Waals surface area (Å²) in [7, 11) is 3.79. The summed E-state index contributed by atoms with van der Waals surface area (Å²) in [5.74, 6) is 0.557. The summed E-state index contributed by atoms with van der Waals surface area (Å²) in [4.78, 5) is 18.3. The molecular weight excluding hydrogens is 290 g/mol. The van der Waals surface area contributed by atoms with E-state index in [9.17, 15) is 9.90 Å². The minimum Gasteiger partial charge on any atom is -0.391 e. The van der Waals surface area contributed by atoms with Crippen LogP contribution < -0.4 is 10.2 Å². The molecule has 0 radical (unpaired) electrons. The van der Waals surface area contributed by atoms with Crippen molar-refractivity contribution in [1.82, 2.24) is 10.3 Å². The third kappa shape index (κ3) is 4.79. The molecule has 0 spiro atoms. The first-order valence-corrected chi connectivity index (χ1v) is 7.63. The van der Waals surface area contributed by atoms with Crippen molar-refractivity contribution < 1.29 is 9.90 Å². The Bertz CT molecular complexity index is 626. The molecule has 0 saturated carbocycles. The van der Waals surface area contributed by atoms with Crippen molar-refractivity contribution in [1.29, 1.82) is 0 Å². The fraction of sp³-hybridized carbons (Fsp3) is 0.333. The van der Waals surface area contributed by atoms with Gasteiger partial charge in [0, 0.05) is 26.7 Å². The summed E-state index contributed by atoms with van der Waals surface area (Å²) in [6, 6.07) is 12.9. The first-order valence-electron chi connectivity index (χ1n) is 7.63. The molecule has 23 heavy (non-hydrogen) atoms. The van der Waals surface area contributed by atoms with Crippen LogP contribution in [0.25, 0.3) is 0 Å². The number of aliphatic hydroxyl groups is 1. The van der Waals surface area contributed by atoms with Crippen molar-refractivity contribution in [3.63, 3.8) is 0 Å². The largest absolute Gasteiger partial charge is 0.391 e. The van der Waals surface area contributed by atoms with Crippen LogP contribution in [0.4, 0.5) is 5.82 Å². The second kappa shape index (κ2) is 7.74. The van der Waals surface area contributed by atoms with Gasteiger partial charge in [0.05, 0.1) is 17.7 Å². The van der Waals surface area contributed by atoms with Gasteiger partial charge in [-0.05, 0) is 24.6 Å².